The summed E-state index contributed by atoms with van der Waals surface area (Å²) < 4.78 is 7.15. The summed E-state index contributed by atoms with van der Waals surface area (Å²) in [5.41, 5.74) is 0.365. The van der Waals surface area contributed by atoms with Crippen LogP contribution in [0.1, 0.15) is 39.3 Å². The van der Waals surface area contributed by atoms with E-state index >= 15 is 0 Å². The zero-order valence-electron chi connectivity index (χ0n) is 14.1. The standard InChI is InChI=1S/C16H23N5O2/c1-11-7-13(21-15(19-11)17-10-18-21)20(8-12-5-6-12)9-14(22)23-16(2,3)4/h7,10,12H,5-6,8-9H2,1-4H3. The van der Waals surface area contributed by atoms with Gasteiger partial charge in [-0.25, -0.2) is 4.98 Å². The van der Waals surface area contributed by atoms with Crippen LogP contribution in [-0.2, 0) is 9.53 Å². The van der Waals surface area contributed by atoms with Crippen molar-refractivity contribution in [2.75, 3.05) is 18.0 Å². The number of nitrogens with zero attached hydrogens (tertiary/aromatic N) is 5. The van der Waals surface area contributed by atoms with Crippen LogP contribution < -0.4 is 4.90 Å². The third kappa shape index (κ3) is 3.97. The molecule has 1 aliphatic carbocycles. The van der Waals surface area contributed by atoms with E-state index in [0.717, 1.165) is 18.1 Å². The van der Waals surface area contributed by atoms with Gasteiger partial charge in [-0.3, -0.25) is 4.79 Å². The van der Waals surface area contributed by atoms with Gasteiger partial charge in [-0.2, -0.15) is 14.6 Å². The van der Waals surface area contributed by atoms with Crippen LogP contribution in [0.5, 0.6) is 0 Å². The molecule has 23 heavy (non-hydrogen) atoms. The molecule has 1 fully saturated rings. The van der Waals surface area contributed by atoms with Gasteiger partial charge in [-0.15, -0.1) is 0 Å². The van der Waals surface area contributed by atoms with Crippen molar-refractivity contribution in [1.29, 1.82) is 0 Å². The number of rotatable bonds is 5. The van der Waals surface area contributed by atoms with Crippen LogP contribution in [0, 0.1) is 12.8 Å². The third-order valence-electron chi connectivity index (χ3n) is 3.60. The molecule has 0 atom stereocenters. The summed E-state index contributed by atoms with van der Waals surface area (Å²) in [4.78, 5) is 22.8. The molecule has 124 valence electrons. The lowest BCUT2D eigenvalue weighted by Crippen LogP contribution is -2.37. The number of hydrogen-bond acceptors (Lipinski definition) is 6. The van der Waals surface area contributed by atoms with Gasteiger partial charge in [-0.05, 0) is 46.5 Å². The molecule has 1 aliphatic rings. The van der Waals surface area contributed by atoms with Crippen molar-refractivity contribution in [2.45, 2.75) is 46.1 Å². The number of carbonyl (C=O) groups is 1. The highest BCUT2D eigenvalue weighted by atomic mass is 16.6. The molecular formula is C16H23N5O2. The van der Waals surface area contributed by atoms with Gasteiger partial charge >= 0.3 is 5.97 Å². The fraction of sp³-hybridized carbons (Fsp3) is 0.625. The Hall–Kier alpha value is -2.18. The molecule has 7 heteroatoms. The summed E-state index contributed by atoms with van der Waals surface area (Å²) in [6, 6.07) is 1.94. The quantitative estimate of drug-likeness (QED) is 0.785. The van der Waals surface area contributed by atoms with Crippen molar-refractivity contribution in [3.8, 4) is 0 Å². The van der Waals surface area contributed by atoms with Crippen molar-refractivity contribution in [1.82, 2.24) is 19.6 Å². The van der Waals surface area contributed by atoms with E-state index in [1.54, 1.807) is 4.52 Å². The number of carbonyl (C=O) groups excluding carboxylic acids is 1. The summed E-state index contributed by atoms with van der Waals surface area (Å²) in [5, 5.41) is 4.24. The average Bonchev–Trinajstić information content (AvgIpc) is 3.10. The fourth-order valence-corrected chi connectivity index (χ4v) is 2.52. The first-order valence-electron chi connectivity index (χ1n) is 7.96. The first-order valence-corrected chi connectivity index (χ1v) is 7.96. The van der Waals surface area contributed by atoms with Gasteiger partial charge in [0, 0.05) is 18.3 Å². The van der Waals surface area contributed by atoms with E-state index in [4.69, 9.17) is 4.74 Å². The summed E-state index contributed by atoms with van der Waals surface area (Å²) >= 11 is 0. The SMILES string of the molecule is Cc1cc(N(CC(=O)OC(C)(C)C)CC2CC2)n2ncnc2n1. The molecule has 2 heterocycles. The van der Waals surface area contributed by atoms with Gasteiger partial charge in [0.1, 0.15) is 24.3 Å². The van der Waals surface area contributed by atoms with E-state index in [1.807, 2.05) is 38.7 Å². The smallest absolute Gasteiger partial charge is 0.326 e. The molecular weight excluding hydrogens is 294 g/mol. The van der Waals surface area contributed by atoms with E-state index in [9.17, 15) is 4.79 Å². The maximum Gasteiger partial charge on any atom is 0.326 e. The van der Waals surface area contributed by atoms with Crippen LogP contribution in [-0.4, -0.2) is 44.2 Å². The van der Waals surface area contributed by atoms with Crippen LogP contribution in [0.3, 0.4) is 0 Å². The molecule has 0 unspecified atom stereocenters. The lowest BCUT2D eigenvalue weighted by Gasteiger charge is -2.26. The Labute approximate surface area is 135 Å². The van der Waals surface area contributed by atoms with E-state index in [0.29, 0.717) is 11.7 Å². The van der Waals surface area contributed by atoms with Crippen LogP contribution in [0.2, 0.25) is 0 Å². The molecule has 0 aliphatic heterocycles. The lowest BCUT2D eigenvalue weighted by molar-refractivity contribution is -0.153. The van der Waals surface area contributed by atoms with E-state index in [1.165, 1.54) is 19.2 Å². The molecule has 3 rings (SSSR count). The minimum absolute atomic E-state index is 0.201. The number of esters is 1. The summed E-state index contributed by atoms with van der Waals surface area (Å²) in [6.45, 7) is 8.57. The number of anilines is 1. The van der Waals surface area contributed by atoms with Gasteiger partial charge in [0.25, 0.3) is 5.78 Å². The molecule has 0 aromatic carbocycles. The zero-order chi connectivity index (χ0) is 16.6. The second-order valence-electron chi connectivity index (χ2n) is 7.14. The Balaban J connectivity index is 1.88. The van der Waals surface area contributed by atoms with E-state index in [-0.39, 0.29) is 12.5 Å². The molecule has 2 aromatic heterocycles. The monoisotopic (exact) mass is 317 g/mol. The highest BCUT2D eigenvalue weighted by molar-refractivity contribution is 5.76. The first kappa shape index (κ1) is 15.7. The Morgan fingerprint density at radius 1 is 1.43 bits per heavy atom. The topological polar surface area (TPSA) is 72.6 Å². The summed E-state index contributed by atoms with van der Waals surface area (Å²) in [5.74, 6) is 1.78. The number of fused-ring (bicyclic) bond motifs is 1. The number of hydrogen-bond donors (Lipinski definition) is 0. The van der Waals surface area contributed by atoms with Crippen LogP contribution in [0.25, 0.3) is 5.78 Å². The van der Waals surface area contributed by atoms with Gasteiger partial charge < -0.3 is 9.64 Å². The second-order valence-corrected chi connectivity index (χ2v) is 7.14. The molecule has 2 aromatic rings. The Kier molecular flexibility index (Phi) is 3.95. The molecule has 7 nitrogen and oxygen atoms in total. The van der Waals surface area contributed by atoms with Crippen LogP contribution >= 0.6 is 0 Å². The molecule has 0 amide bonds. The van der Waals surface area contributed by atoms with Crippen LogP contribution in [0.4, 0.5) is 5.82 Å². The summed E-state index contributed by atoms with van der Waals surface area (Å²) in [7, 11) is 0. The molecule has 0 radical (unpaired) electrons. The minimum Gasteiger partial charge on any atom is -0.459 e. The molecule has 0 N–H and O–H groups in total. The predicted octanol–water partition coefficient (Wildman–Crippen LogP) is 1.99. The Bertz CT molecular complexity index is 715. The van der Waals surface area contributed by atoms with Crippen LogP contribution in [0.15, 0.2) is 12.4 Å². The molecule has 0 spiro atoms. The second kappa shape index (κ2) is 5.79. The maximum atomic E-state index is 12.3. The highest BCUT2D eigenvalue weighted by Gasteiger charge is 2.28. The van der Waals surface area contributed by atoms with Crippen molar-refractivity contribution < 1.29 is 9.53 Å². The minimum atomic E-state index is -0.487. The largest absolute Gasteiger partial charge is 0.459 e. The molecule has 1 saturated carbocycles. The third-order valence-corrected chi connectivity index (χ3v) is 3.60. The number of ether oxygens (including phenoxy) is 1. The van der Waals surface area contributed by atoms with Gasteiger partial charge in [0.2, 0.25) is 0 Å². The van der Waals surface area contributed by atoms with Crippen molar-refractivity contribution >= 4 is 17.6 Å². The van der Waals surface area contributed by atoms with Gasteiger partial charge in [0.05, 0.1) is 0 Å². The predicted molar refractivity (Wildman–Crippen MR) is 86.3 cm³/mol. The Morgan fingerprint density at radius 3 is 2.83 bits per heavy atom. The van der Waals surface area contributed by atoms with Crippen molar-refractivity contribution in [3.63, 3.8) is 0 Å². The van der Waals surface area contributed by atoms with Gasteiger partial charge in [-0.1, -0.05) is 0 Å². The fourth-order valence-electron chi connectivity index (χ4n) is 2.52. The van der Waals surface area contributed by atoms with Crippen molar-refractivity contribution in [3.05, 3.63) is 18.1 Å². The van der Waals surface area contributed by atoms with Gasteiger partial charge in [0.15, 0.2) is 0 Å². The van der Waals surface area contributed by atoms with Crippen molar-refractivity contribution in [2.24, 2.45) is 5.92 Å². The first-order chi connectivity index (χ1) is 10.8. The molecule has 0 bridgehead atoms. The maximum absolute atomic E-state index is 12.3. The lowest BCUT2D eigenvalue weighted by atomic mass is 10.2. The zero-order valence-corrected chi connectivity index (χ0v) is 14.1. The highest BCUT2D eigenvalue weighted by Crippen LogP contribution is 2.31. The molecule has 0 saturated heterocycles. The number of aromatic nitrogens is 4. The Morgan fingerprint density at radius 2 is 2.17 bits per heavy atom. The van der Waals surface area contributed by atoms with E-state index in [2.05, 4.69) is 15.1 Å². The number of aryl methyl sites for hydroxylation is 1. The van der Waals surface area contributed by atoms with E-state index < -0.39 is 5.60 Å². The average molecular weight is 317 g/mol. The normalized spacial score (nSPS) is 15.0. The summed E-state index contributed by atoms with van der Waals surface area (Å²) in [6.07, 6.45) is 3.89.